The van der Waals surface area contributed by atoms with Crippen LogP contribution in [0.1, 0.15) is 20.8 Å². The zero-order chi connectivity index (χ0) is 10.1. The minimum Gasteiger partial charge on any atom is -0.530 e. The largest absolute Gasteiger partial charge is 0.530 e. The van der Waals surface area contributed by atoms with Gasteiger partial charge in [0, 0.05) is 25.7 Å². The number of carbonyl (C=O) groups is 1. The minimum absolute atomic E-state index is 0.0197. The molecule has 1 atom stereocenters. The van der Waals surface area contributed by atoms with Crippen LogP contribution in [0.25, 0.3) is 0 Å². The Balaban J connectivity index is 2.73. The molecule has 1 saturated heterocycles. The van der Waals surface area contributed by atoms with Gasteiger partial charge in [-0.1, -0.05) is 20.8 Å². The van der Waals surface area contributed by atoms with E-state index in [-0.39, 0.29) is 11.5 Å². The van der Waals surface area contributed by atoms with E-state index in [4.69, 9.17) is 0 Å². The van der Waals surface area contributed by atoms with E-state index in [1.54, 1.807) is 0 Å². The van der Waals surface area contributed by atoms with Gasteiger partial charge in [0.15, 0.2) is 0 Å². The van der Waals surface area contributed by atoms with Crippen molar-refractivity contribution in [3.05, 3.63) is 0 Å². The molecule has 1 unspecified atom stereocenters. The van der Waals surface area contributed by atoms with Crippen molar-refractivity contribution in [2.24, 2.45) is 5.41 Å². The highest BCUT2D eigenvalue weighted by Gasteiger charge is 2.32. The molecule has 0 aliphatic carbocycles. The Morgan fingerprint density at radius 1 is 1.54 bits per heavy atom. The molecular formula is C9H17N2O2-. The summed E-state index contributed by atoms with van der Waals surface area (Å²) in [5.74, 6) is 0. The number of amides is 1. The zero-order valence-electron chi connectivity index (χ0n) is 8.46. The number of rotatable bonds is 0. The van der Waals surface area contributed by atoms with Crippen LogP contribution in [0, 0.1) is 5.41 Å². The van der Waals surface area contributed by atoms with Crippen LogP contribution >= 0.6 is 0 Å². The van der Waals surface area contributed by atoms with Crippen LogP contribution in [0.3, 0.4) is 0 Å². The molecule has 0 radical (unpaired) electrons. The van der Waals surface area contributed by atoms with E-state index in [1.165, 1.54) is 4.90 Å². The molecule has 1 N–H and O–H groups in total. The molecule has 0 aromatic carbocycles. The Hall–Kier alpha value is -0.770. The van der Waals surface area contributed by atoms with Gasteiger partial charge in [0.05, 0.1) is 0 Å². The molecule has 1 rings (SSSR count). The Morgan fingerprint density at radius 2 is 2.15 bits per heavy atom. The fourth-order valence-electron chi connectivity index (χ4n) is 1.70. The normalized spacial score (nSPS) is 24.5. The summed E-state index contributed by atoms with van der Waals surface area (Å²) in [6.07, 6.45) is -1.05. The van der Waals surface area contributed by atoms with Crippen molar-refractivity contribution in [2.45, 2.75) is 26.8 Å². The van der Waals surface area contributed by atoms with Gasteiger partial charge in [-0.25, -0.2) is 0 Å². The predicted octanol–water partition coefficient (Wildman–Crippen LogP) is -0.350. The first-order chi connectivity index (χ1) is 5.93. The van der Waals surface area contributed by atoms with Crippen LogP contribution in [-0.2, 0) is 0 Å². The van der Waals surface area contributed by atoms with Crippen molar-refractivity contribution in [1.29, 1.82) is 0 Å². The van der Waals surface area contributed by atoms with Gasteiger partial charge in [-0.3, -0.25) is 0 Å². The van der Waals surface area contributed by atoms with Crippen molar-refractivity contribution >= 4 is 6.09 Å². The number of carbonyl (C=O) groups excluding carboxylic acids is 1. The molecule has 1 amide bonds. The molecule has 0 bridgehead atoms. The lowest BCUT2D eigenvalue weighted by atomic mass is 9.85. The maximum atomic E-state index is 10.8. The fourth-order valence-corrected chi connectivity index (χ4v) is 1.70. The summed E-state index contributed by atoms with van der Waals surface area (Å²) in [6, 6.07) is 0.0197. The molecule has 0 aromatic rings. The van der Waals surface area contributed by atoms with Crippen LogP contribution in [0.4, 0.5) is 4.79 Å². The van der Waals surface area contributed by atoms with Gasteiger partial charge < -0.3 is 20.1 Å². The standard InChI is InChI=1S/C9H18N2O2/c1-9(2,3)7-6-10-4-5-11(7)8(12)13/h7,10H,4-6H2,1-3H3,(H,12,13)/p-1. The Morgan fingerprint density at radius 3 is 2.54 bits per heavy atom. The van der Waals surface area contributed by atoms with E-state index in [2.05, 4.69) is 5.32 Å². The molecule has 4 nitrogen and oxygen atoms in total. The lowest BCUT2D eigenvalue weighted by molar-refractivity contribution is -0.270. The van der Waals surface area contributed by atoms with E-state index < -0.39 is 6.09 Å². The second kappa shape index (κ2) is 3.54. The third-order valence-corrected chi connectivity index (χ3v) is 2.48. The maximum absolute atomic E-state index is 10.8. The molecule has 0 spiro atoms. The topological polar surface area (TPSA) is 55.4 Å². The van der Waals surface area contributed by atoms with Gasteiger partial charge in [0.2, 0.25) is 0 Å². The fraction of sp³-hybridized carbons (Fsp3) is 0.889. The summed E-state index contributed by atoms with van der Waals surface area (Å²) < 4.78 is 0. The lowest BCUT2D eigenvalue weighted by Gasteiger charge is -2.45. The van der Waals surface area contributed by atoms with Crippen LogP contribution in [0.5, 0.6) is 0 Å². The van der Waals surface area contributed by atoms with Crippen LogP contribution in [0.15, 0.2) is 0 Å². The van der Waals surface area contributed by atoms with Gasteiger partial charge in [-0.05, 0) is 5.41 Å². The second-order valence-corrected chi connectivity index (χ2v) is 4.55. The first-order valence-electron chi connectivity index (χ1n) is 4.61. The van der Waals surface area contributed by atoms with Crippen LogP contribution in [0.2, 0.25) is 0 Å². The third kappa shape index (κ3) is 2.34. The molecule has 1 aliphatic heterocycles. The van der Waals surface area contributed by atoms with E-state index in [1.807, 2.05) is 20.8 Å². The molecule has 1 fully saturated rings. The lowest BCUT2D eigenvalue weighted by Crippen LogP contribution is -2.61. The number of hydrogen-bond acceptors (Lipinski definition) is 3. The van der Waals surface area contributed by atoms with Gasteiger partial charge in [0.25, 0.3) is 0 Å². The van der Waals surface area contributed by atoms with Gasteiger partial charge in [-0.2, -0.15) is 0 Å². The summed E-state index contributed by atoms with van der Waals surface area (Å²) in [5, 5.41) is 14.0. The molecule has 4 heteroatoms. The number of nitrogens with zero attached hydrogens (tertiary/aromatic N) is 1. The average molecular weight is 185 g/mol. The Kier molecular flexibility index (Phi) is 2.81. The van der Waals surface area contributed by atoms with Crippen molar-refractivity contribution in [1.82, 2.24) is 10.2 Å². The highest BCUT2D eigenvalue weighted by Crippen LogP contribution is 2.24. The van der Waals surface area contributed by atoms with Crippen molar-refractivity contribution in [2.75, 3.05) is 19.6 Å². The van der Waals surface area contributed by atoms with E-state index in [0.29, 0.717) is 6.54 Å². The minimum atomic E-state index is -1.05. The van der Waals surface area contributed by atoms with Crippen LogP contribution < -0.4 is 10.4 Å². The van der Waals surface area contributed by atoms with E-state index in [9.17, 15) is 9.90 Å². The summed E-state index contributed by atoms with van der Waals surface area (Å²) >= 11 is 0. The van der Waals surface area contributed by atoms with Gasteiger partial charge in [-0.15, -0.1) is 0 Å². The molecule has 0 saturated carbocycles. The quantitative estimate of drug-likeness (QED) is 0.561. The molecule has 1 aliphatic rings. The zero-order valence-corrected chi connectivity index (χ0v) is 8.46. The molecule has 13 heavy (non-hydrogen) atoms. The highest BCUT2D eigenvalue weighted by molar-refractivity contribution is 5.63. The van der Waals surface area contributed by atoms with E-state index in [0.717, 1.165) is 13.1 Å². The number of hydrogen-bond donors (Lipinski definition) is 1. The average Bonchev–Trinajstić information content (AvgIpc) is 2.03. The smallest absolute Gasteiger partial charge is 0.137 e. The van der Waals surface area contributed by atoms with E-state index >= 15 is 0 Å². The molecule has 76 valence electrons. The van der Waals surface area contributed by atoms with Crippen molar-refractivity contribution in [3.63, 3.8) is 0 Å². The second-order valence-electron chi connectivity index (χ2n) is 4.55. The highest BCUT2D eigenvalue weighted by atomic mass is 16.4. The third-order valence-electron chi connectivity index (χ3n) is 2.48. The Bertz CT molecular complexity index is 198. The summed E-state index contributed by atoms with van der Waals surface area (Å²) in [4.78, 5) is 12.2. The number of carboxylic acid groups (broad SMARTS) is 1. The summed E-state index contributed by atoms with van der Waals surface area (Å²) in [5.41, 5.74) is -0.0342. The van der Waals surface area contributed by atoms with Crippen molar-refractivity contribution < 1.29 is 9.90 Å². The van der Waals surface area contributed by atoms with Gasteiger partial charge >= 0.3 is 0 Å². The monoisotopic (exact) mass is 185 g/mol. The van der Waals surface area contributed by atoms with Crippen LogP contribution in [-0.4, -0.2) is 36.7 Å². The summed E-state index contributed by atoms with van der Waals surface area (Å²) in [7, 11) is 0. The Labute approximate surface area is 78.9 Å². The number of piperazine rings is 1. The van der Waals surface area contributed by atoms with Crippen molar-refractivity contribution in [3.8, 4) is 0 Å². The SMILES string of the molecule is CC(C)(C)C1CNCCN1C(=O)[O-]. The van der Waals surface area contributed by atoms with Gasteiger partial charge in [0.1, 0.15) is 6.09 Å². The predicted molar refractivity (Wildman–Crippen MR) is 48.2 cm³/mol. The molecule has 0 aromatic heterocycles. The number of nitrogens with one attached hydrogen (secondary N) is 1. The molecular weight excluding hydrogens is 168 g/mol. The first kappa shape index (κ1) is 10.3. The summed E-state index contributed by atoms with van der Waals surface area (Å²) in [6.45, 7) is 8.10. The first-order valence-corrected chi connectivity index (χ1v) is 4.61. The maximum Gasteiger partial charge on any atom is 0.137 e. The molecule has 1 heterocycles.